The van der Waals surface area contributed by atoms with E-state index in [1.54, 1.807) is 12.3 Å². The van der Waals surface area contributed by atoms with Crippen molar-refractivity contribution in [2.75, 3.05) is 11.9 Å². The summed E-state index contributed by atoms with van der Waals surface area (Å²) in [4.78, 5) is 22.7. The van der Waals surface area contributed by atoms with E-state index < -0.39 is 0 Å². The van der Waals surface area contributed by atoms with Gasteiger partial charge in [0.2, 0.25) is 0 Å². The van der Waals surface area contributed by atoms with Crippen molar-refractivity contribution < 1.29 is 9.18 Å². The maximum atomic E-state index is 13.6. The van der Waals surface area contributed by atoms with E-state index in [1.165, 1.54) is 12.1 Å². The van der Waals surface area contributed by atoms with Gasteiger partial charge in [0.1, 0.15) is 11.6 Å². The minimum absolute atomic E-state index is 0.122. The summed E-state index contributed by atoms with van der Waals surface area (Å²) in [6, 6.07) is 12.2. The number of hydrogen-bond acceptors (Lipinski definition) is 2. The summed E-state index contributed by atoms with van der Waals surface area (Å²) in [6.07, 6.45) is 4.55. The van der Waals surface area contributed by atoms with Crippen molar-refractivity contribution in [2.45, 2.75) is 39.2 Å². The molecule has 29 heavy (non-hydrogen) atoms. The molecule has 0 aliphatic carbocycles. The Morgan fingerprint density at radius 3 is 2.72 bits per heavy atom. The van der Waals surface area contributed by atoms with Gasteiger partial charge in [-0.2, -0.15) is 0 Å². The zero-order valence-electron chi connectivity index (χ0n) is 16.7. The molecule has 1 aliphatic rings. The Balaban J connectivity index is 1.55. The smallest absolute Gasteiger partial charge is 0.322 e. The molecule has 2 amide bonds. The van der Waals surface area contributed by atoms with Crippen molar-refractivity contribution in [1.82, 2.24) is 14.9 Å². The van der Waals surface area contributed by atoms with Crippen LogP contribution in [0.2, 0.25) is 0 Å². The number of halogens is 1. The molecule has 0 saturated carbocycles. The van der Waals surface area contributed by atoms with Gasteiger partial charge in [0.15, 0.2) is 0 Å². The number of carbonyl (C=O) groups is 1. The molecular formula is C23H25FN4O. The van der Waals surface area contributed by atoms with Gasteiger partial charge in [-0.25, -0.2) is 14.2 Å². The molecule has 3 aromatic rings. The van der Waals surface area contributed by atoms with E-state index in [4.69, 9.17) is 0 Å². The van der Waals surface area contributed by atoms with Crippen molar-refractivity contribution in [3.8, 4) is 11.3 Å². The summed E-state index contributed by atoms with van der Waals surface area (Å²) in [7, 11) is 0. The lowest BCUT2D eigenvalue weighted by atomic mass is 10.0. The number of aromatic amines is 1. The van der Waals surface area contributed by atoms with Crippen LogP contribution in [0.5, 0.6) is 0 Å². The van der Waals surface area contributed by atoms with E-state index in [1.807, 2.05) is 36.9 Å². The number of piperidine rings is 1. The monoisotopic (exact) mass is 392 g/mol. The van der Waals surface area contributed by atoms with Crippen LogP contribution in [0.3, 0.4) is 0 Å². The fraction of sp³-hybridized carbons (Fsp3) is 0.304. The Bertz CT molecular complexity index is 1010. The van der Waals surface area contributed by atoms with Gasteiger partial charge in [-0.15, -0.1) is 0 Å². The number of likely N-dealkylation sites (tertiary alicyclic amines) is 1. The number of amides is 2. The number of nitrogens with one attached hydrogen (secondary N) is 2. The van der Waals surface area contributed by atoms with E-state index in [2.05, 4.69) is 21.4 Å². The van der Waals surface area contributed by atoms with E-state index in [0.717, 1.165) is 53.2 Å². The van der Waals surface area contributed by atoms with Gasteiger partial charge in [-0.1, -0.05) is 18.2 Å². The lowest BCUT2D eigenvalue weighted by Gasteiger charge is -2.34. The number of aromatic nitrogens is 2. The van der Waals surface area contributed by atoms with Crippen LogP contribution in [0.25, 0.3) is 11.3 Å². The number of rotatable bonds is 3. The van der Waals surface area contributed by atoms with Crippen molar-refractivity contribution in [2.24, 2.45) is 0 Å². The summed E-state index contributed by atoms with van der Waals surface area (Å²) in [5.74, 6) is 0.449. The molecule has 2 heterocycles. The molecule has 150 valence electrons. The second-order valence-electron chi connectivity index (χ2n) is 7.70. The SMILES string of the molecule is Cc1cc(C)cc(NC(=O)N2CCCC[C@H]2c2ncc(-c3cccc(F)c3)[nH]2)c1. The highest BCUT2D eigenvalue weighted by Crippen LogP contribution is 2.31. The number of carbonyl (C=O) groups excluding carboxylic acids is 1. The Morgan fingerprint density at radius 2 is 1.97 bits per heavy atom. The lowest BCUT2D eigenvalue weighted by Crippen LogP contribution is -2.41. The number of H-pyrrole nitrogens is 1. The highest BCUT2D eigenvalue weighted by molar-refractivity contribution is 5.89. The zero-order chi connectivity index (χ0) is 20.4. The predicted octanol–water partition coefficient (Wildman–Crippen LogP) is 5.59. The summed E-state index contributed by atoms with van der Waals surface area (Å²) in [5, 5.41) is 3.03. The zero-order valence-corrected chi connectivity index (χ0v) is 16.7. The third-order valence-corrected chi connectivity index (χ3v) is 5.28. The maximum Gasteiger partial charge on any atom is 0.322 e. The van der Waals surface area contributed by atoms with Crippen molar-refractivity contribution >= 4 is 11.7 Å². The van der Waals surface area contributed by atoms with E-state index in [-0.39, 0.29) is 17.9 Å². The predicted molar refractivity (Wildman–Crippen MR) is 112 cm³/mol. The number of urea groups is 1. The molecule has 1 aliphatic heterocycles. The van der Waals surface area contributed by atoms with Gasteiger partial charge in [0.05, 0.1) is 17.9 Å². The average Bonchev–Trinajstić information content (AvgIpc) is 3.17. The molecule has 2 N–H and O–H groups in total. The fourth-order valence-corrected chi connectivity index (χ4v) is 4.01. The first kappa shape index (κ1) is 19.2. The molecule has 6 heteroatoms. The van der Waals surface area contributed by atoms with Crippen LogP contribution in [-0.2, 0) is 0 Å². The minimum Gasteiger partial charge on any atom is -0.340 e. The van der Waals surface area contributed by atoms with E-state index >= 15 is 0 Å². The van der Waals surface area contributed by atoms with E-state index in [0.29, 0.717) is 6.54 Å². The van der Waals surface area contributed by atoms with E-state index in [9.17, 15) is 9.18 Å². The molecule has 5 nitrogen and oxygen atoms in total. The summed E-state index contributed by atoms with van der Waals surface area (Å²) in [6.45, 7) is 4.71. The second-order valence-corrected chi connectivity index (χ2v) is 7.70. The molecule has 4 rings (SSSR count). The molecule has 0 radical (unpaired) electrons. The highest BCUT2D eigenvalue weighted by atomic mass is 19.1. The first-order valence-corrected chi connectivity index (χ1v) is 9.96. The van der Waals surface area contributed by atoms with Gasteiger partial charge < -0.3 is 15.2 Å². The first-order chi connectivity index (χ1) is 14.0. The molecule has 0 bridgehead atoms. The second kappa shape index (κ2) is 8.07. The molecular weight excluding hydrogens is 367 g/mol. The minimum atomic E-state index is -0.286. The van der Waals surface area contributed by atoms with Crippen molar-refractivity contribution in [3.05, 3.63) is 71.4 Å². The van der Waals surface area contributed by atoms with Gasteiger partial charge >= 0.3 is 6.03 Å². The molecule has 1 aromatic heterocycles. The van der Waals surface area contributed by atoms with Crippen LogP contribution < -0.4 is 5.32 Å². The number of imidazole rings is 1. The molecule has 1 saturated heterocycles. The number of nitrogens with zero attached hydrogens (tertiary/aromatic N) is 2. The Labute approximate surface area is 170 Å². The Morgan fingerprint density at radius 1 is 1.17 bits per heavy atom. The lowest BCUT2D eigenvalue weighted by molar-refractivity contribution is 0.160. The van der Waals surface area contributed by atoms with Crippen molar-refractivity contribution in [1.29, 1.82) is 0 Å². The number of anilines is 1. The topological polar surface area (TPSA) is 61.0 Å². The average molecular weight is 392 g/mol. The maximum absolute atomic E-state index is 13.6. The van der Waals surface area contributed by atoms with Crippen LogP contribution >= 0.6 is 0 Å². The van der Waals surface area contributed by atoms with Crippen LogP contribution in [0.15, 0.2) is 48.7 Å². The summed E-state index contributed by atoms with van der Waals surface area (Å²) in [5.41, 5.74) is 4.52. The molecule has 0 spiro atoms. The summed E-state index contributed by atoms with van der Waals surface area (Å²) >= 11 is 0. The normalized spacial score (nSPS) is 16.7. The van der Waals surface area contributed by atoms with Gasteiger partial charge in [-0.05, 0) is 68.5 Å². The van der Waals surface area contributed by atoms with Crippen LogP contribution in [0.4, 0.5) is 14.9 Å². The highest BCUT2D eigenvalue weighted by Gasteiger charge is 2.30. The Kier molecular flexibility index (Phi) is 5.34. The standard InChI is InChI=1S/C23H25FN4O/c1-15-10-16(2)12-19(11-15)26-23(29)28-9-4-3-8-21(28)22-25-14-20(27-22)17-6-5-7-18(24)13-17/h5-7,10-14,21H,3-4,8-9H2,1-2H3,(H,25,27)(H,26,29)/t21-/m0/s1. The van der Waals surface area contributed by atoms with Crippen molar-refractivity contribution in [3.63, 3.8) is 0 Å². The quantitative estimate of drug-likeness (QED) is 0.610. The third kappa shape index (κ3) is 4.31. The third-order valence-electron chi connectivity index (χ3n) is 5.28. The number of aryl methyl sites for hydroxylation is 2. The number of benzene rings is 2. The molecule has 1 atom stereocenters. The molecule has 2 aromatic carbocycles. The van der Waals surface area contributed by atoms with Gasteiger partial charge in [0, 0.05) is 17.8 Å². The van der Waals surface area contributed by atoms with Crippen LogP contribution in [-0.4, -0.2) is 27.4 Å². The summed E-state index contributed by atoms with van der Waals surface area (Å²) < 4.78 is 13.6. The van der Waals surface area contributed by atoms with Crippen LogP contribution in [0.1, 0.15) is 42.3 Å². The largest absolute Gasteiger partial charge is 0.340 e. The fourth-order valence-electron chi connectivity index (χ4n) is 4.01. The molecule has 1 fully saturated rings. The number of hydrogen-bond donors (Lipinski definition) is 2. The Hall–Kier alpha value is -3.15. The first-order valence-electron chi connectivity index (χ1n) is 9.96. The van der Waals surface area contributed by atoms with Crippen LogP contribution in [0, 0.1) is 19.7 Å². The van der Waals surface area contributed by atoms with Gasteiger partial charge in [-0.3, -0.25) is 0 Å². The molecule has 0 unspecified atom stereocenters. The van der Waals surface area contributed by atoms with Gasteiger partial charge in [0.25, 0.3) is 0 Å².